The summed E-state index contributed by atoms with van der Waals surface area (Å²) < 4.78 is 52.9. The van der Waals surface area contributed by atoms with E-state index in [2.05, 4.69) is 16.0 Å². The first-order chi connectivity index (χ1) is 32.2. The van der Waals surface area contributed by atoms with E-state index in [0.29, 0.717) is 66.6 Å². The Morgan fingerprint density at radius 3 is 2.41 bits per heavy atom. The number of thiophene rings is 1. The van der Waals surface area contributed by atoms with E-state index < -0.39 is 51.9 Å². The van der Waals surface area contributed by atoms with Crippen molar-refractivity contribution in [1.82, 2.24) is 23.7 Å². The van der Waals surface area contributed by atoms with Crippen LogP contribution in [0.1, 0.15) is 85.1 Å². The number of nitrogens with zero attached hydrogens (tertiary/aromatic N) is 4. The number of urea groups is 1. The number of aliphatic carboxylic acids is 1. The third kappa shape index (κ3) is 9.83. The summed E-state index contributed by atoms with van der Waals surface area (Å²) >= 11 is 7.23. The number of rotatable bonds is 13. The fourth-order valence-corrected chi connectivity index (χ4v) is 12.9. The topological polar surface area (TPSA) is 239 Å². The highest BCUT2D eigenvalue weighted by Gasteiger charge is 2.42. The highest BCUT2D eigenvalue weighted by molar-refractivity contribution is 7.88. The molecule has 22 heteroatoms. The summed E-state index contributed by atoms with van der Waals surface area (Å²) in [6.07, 6.45) is 2.36. The predicted molar refractivity (Wildman–Crippen MR) is 252 cm³/mol. The van der Waals surface area contributed by atoms with Crippen molar-refractivity contribution in [2.45, 2.75) is 81.7 Å². The van der Waals surface area contributed by atoms with Crippen LogP contribution >= 0.6 is 22.9 Å². The molecule has 2 atom stereocenters. The van der Waals surface area contributed by atoms with Crippen molar-refractivity contribution in [3.63, 3.8) is 0 Å². The molecule has 18 nitrogen and oxygen atoms in total. The molecule has 5 heterocycles. The molecule has 5 aromatic rings. The van der Waals surface area contributed by atoms with Gasteiger partial charge in [-0.3, -0.25) is 24.0 Å². The first kappa shape index (κ1) is 48.2. The summed E-state index contributed by atoms with van der Waals surface area (Å²) in [5.74, 6) is -4.66. The molecule has 5 N–H and O–H groups in total. The zero-order valence-electron chi connectivity index (χ0n) is 37.2. The number of imide groups is 1. The smallest absolute Gasteiger partial charge is 0.349 e. The molecule has 0 radical (unpaired) electrons. The van der Waals surface area contributed by atoms with Crippen LogP contribution in [0.2, 0.25) is 5.02 Å². The van der Waals surface area contributed by atoms with Crippen LogP contribution in [0.4, 0.5) is 20.6 Å². The number of hydrogen-bond acceptors (Lipinski definition) is 11. The number of carboxylic acid groups (broad SMARTS) is 2. The minimum Gasteiger partial charge on any atom is -0.479 e. The second kappa shape index (κ2) is 19.0. The van der Waals surface area contributed by atoms with E-state index in [1.54, 1.807) is 50.1 Å². The largest absolute Gasteiger partial charge is 0.479 e. The van der Waals surface area contributed by atoms with Gasteiger partial charge in [-0.1, -0.05) is 35.9 Å². The lowest BCUT2D eigenvalue weighted by Crippen LogP contribution is -2.55. The molecular weight excluding hydrogens is 945 g/mol. The Balaban J connectivity index is 0.868. The van der Waals surface area contributed by atoms with Crippen LogP contribution < -0.4 is 26.4 Å². The standard InChI is InChI=1S/C46H49ClFN7O11S2/c1-46(2)22-30(49-32-20-28(7-9-31(32)48)40-38(47)39(66-23-37(57)58)41(67-40)43(60)61)15-18-54(46)68(64,65)24-25-5-4-6-29(19-25)50-44(62)53-16-13-26(14-17-53)27-8-10-33-35(21-27)52(3)45(63)55(33)34-11-12-36(56)51-42(34)59/h4-10,19-21,26,30,34,49H,11-18,22-24H2,1-3H3,(H,50,62)(H,57,58)(H,60,61)(H,51,56,59)/t30-,34?/m1/s1. The number of nitrogens with one attached hydrogen (secondary N) is 3. The zero-order chi connectivity index (χ0) is 48.8. The molecule has 3 aromatic carbocycles. The average Bonchev–Trinajstić information content (AvgIpc) is 3.74. The Morgan fingerprint density at radius 1 is 0.971 bits per heavy atom. The van der Waals surface area contributed by atoms with Gasteiger partial charge in [0.05, 0.1) is 27.4 Å². The van der Waals surface area contributed by atoms with Gasteiger partial charge in [0.2, 0.25) is 21.8 Å². The number of aromatic nitrogens is 2. The fraction of sp³-hybridized carbons (Fsp3) is 0.391. The van der Waals surface area contributed by atoms with Crippen molar-refractivity contribution in [3.05, 3.63) is 98.0 Å². The molecule has 8 rings (SSSR count). The second-order valence-corrected chi connectivity index (χ2v) is 21.2. The minimum atomic E-state index is -3.89. The maximum absolute atomic E-state index is 15.3. The van der Waals surface area contributed by atoms with Crippen molar-refractivity contribution >= 4 is 85.2 Å². The van der Waals surface area contributed by atoms with Gasteiger partial charge >= 0.3 is 23.7 Å². The van der Waals surface area contributed by atoms with Crippen molar-refractivity contribution < 1.29 is 51.7 Å². The highest BCUT2D eigenvalue weighted by atomic mass is 35.5. The lowest BCUT2D eigenvalue weighted by atomic mass is 9.89. The summed E-state index contributed by atoms with van der Waals surface area (Å²) in [4.78, 5) is 75.7. The summed E-state index contributed by atoms with van der Waals surface area (Å²) in [5, 5.41) is 27.0. The van der Waals surface area contributed by atoms with Gasteiger partial charge in [-0.25, -0.2) is 32.0 Å². The SMILES string of the molecule is Cn1c(=O)n(C2CCC(=O)NC2=O)c2ccc(C3CCN(C(=O)Nc4cccc(CS(=O)(=O)N5CC[C@@H](Nc6cc(-c7sc(C(=O)O)c(OCC(=O)O)c7Cl)ccc6F)CC5(C)C)c4)CC3)cc21. The number of ether oxygens (including phenoxy) is 1. The van der Waals surface area contributed by atoms with E-state index in [0.717, 1.165) is 16.9 Å². The van der Waals surface area contributed by atoms with Gasteiger partial charge < -0.3 is 30.5 Å². The van der Waals surface area contributed by atoms with Crippen LogP contribution in [0.5, 0.6) is 5.75 Å². The van der Waals surface area contributed by atoms with Crippen LogP contribution in [-0.2, 0) is 37.2 Å². The van der Waals surface area contributed by atoms with Crippen LogP contribution in [-0.4, -0.2) is 105 Å². The van der Waals surface area contributed by atoms with E-state index >= 15 is 4.39 Å². The first-order valence-electron chi connectivity index (χ1n) is 21.9. The van der Waals surface area contributed by atoms with Gasteiger partial charge in [0, 0.05) is 50.4 Å². The Hall–Kier alpha value is -6.29. The monoisotopic (exact) mass is 993 g/mol. The maximum atomic E-state index is 15.3. The number of carboxylic acids is 2. The lowest BCUT2D eigenvalue weighted by molar-refractivity contribution is -0.139. The molecule has 0 aliphatic carbocycles. The number of aryl methyl sites for hydroxylation is 1. The van der Waals surface area contributed by atoms with Crippen molar-refractivity contribution in [3.8, 4) is 16.2 Å². The van der Waals surface area contributed by atoms with Gasteiger partial charge in [0.15, 0.2) is 17.2 Å². The summed E-state index contributed by atoms with van der Waals surface area (Å²) in [6, 6.07) is 15.0. The number of aromatic carboxylic acids is 1. The number of halogens is 2. The number of piperidine rings is 3. The molecule has 4 amide bonds. The number of carbonyl (C=O) groups excluding carboxylic acids is 3. The Labute approximate surface area is 398 Å². The van der Waals surface area contributed by atoms with Gasteiger partial charge in [-0.15, -0.1) is 11.3 Å². The van der Waals surface area contributed by atoms with Gasteiger partial charge in [-0.05, 0) is 105 Å². The predicted octanol–water partition coefficient (Wildman–Crippen LogP) is 6.60. The normalized spacial score (nSPS) is 19.2. The molecule has 68 heavy (non-hydrogen) atoms. The summed E-state index contributed by atoms with van der Waals surface area (Å²) in [6.45, 7) is 3.82. The number of carbonyl (C=O) groups is 5. The molecule has 0 saturated carbocycles. The minimum absolute atomic E-state index is 0.0876. The Bertz CT molecular complexity index is 3030. The highest BCUT2D eigenvalue weighted by Crippen LogP contribution is 2.46. The fourth-order valence-electron chi connectivity index (χ4n) is 9.51. The van der Waals surface area contributed by atoms with Crippen LogP contribution in [0.3, 0.4) is 0 Å². The lowest BCUT2D eigenvalue weighted by Gasteiger charge is -2.45. The molecular formula is C46H49ClFN7O11S2. The zero-order valence-corrected chi connectivity index (χ0v) is 39.6. The number of amides is 4. The van der Waals surface area contributed by atoms with E-state index in [-0.39, 0.29) is 80.9 Å². The maximum Gasteiger partial charge on any atom is 0.349 e. The number of benzene rings is 3. The molecule has 3 fully saturated rings. The van der Waals surface area contributed by atoms with E-state index in [9.17, 15) is 42.3 Å². The molecule has 3 aliphatic rings. The van der Waals surface area contributed by atoms with E-state index in [4.69, 9.17) is 21.4 Å². The molecule has 0 spiro atoms. The average molecular weight is 995 g/mol. The molecule has 2 aromatic heterocycles. The van der Waals surface area contributed by atoms with Crippen molar-refractivity contribution in [1.29, 1.82) is 0 Å². The quantitative estimate of drug-likeness (QED) is 0.0785. The number of hydrogen-bond donors (Lipinski definition) is 5. The third-order valence-electron chi connectivity index (χ3n) is 12.8. The Kier molecular flexibility index (Phi) is 13.5. The van der Waals surface area contributed by atoms with E-state index in [1.807, 2.05) is 18.2 Å². The third-order valence-corrected chi connectivity index (χ3v) is 16.5. The molecule has 3 aliphatic heterocycles. The van der Waals surface area contributed by atoms with E-state index in [1.165, 1.54) is 31.6 Å². The number of imidazole rings is 1. The van der Waals surface area contributed by atoms with Crippen LogP contribution in [0.25, 0.3) is 21.5 Å². The van der Waals surface area contributed by atoms with Gasteiger partial charge in [0.25, 0.3) is 0 Å². The van der Waals surface area contributed by atoms with Crippen molar-refractivity contribution in [2.75, 3.05) is 36.9 Å². The summed E-state index contributed by atoms with van der Waals surface area (Å²) in [7, 11) is -2.24. The second-order valence-electron chi connectivity index (χ2n) is 17.9. The number of likely N-dealkylation sites (tertiary alicyclic amines) is 1. The Morgan fingerprint density at radius 2 is 1.72 bits per heavy atom. The molecule has 3 saturated heterocycles. The van der Waals surface area contributed by atoms with Gasteiger partial charge in [0.1, 0.15) is 16.9 Å². The van der Waals surface area contributed by atoms with Crippen LogP contribution in [0, 0.1) is 5.82 Å². The molecule has 1 unspecified atom stereocenters. The molecule has 360 valence electrons. The number of sulfonamides is 1. The molecule has 0 bridgehead atoms. The summed E-state index contributed by atoms with van der Waals surface area (Å²) in [5.41, 5.74) is 2.41. The van der Waals surface area contributed by atoms with Gasteiger partial charge in [-0.2, -0.15) is 4.31 Å². The van der Waals surface area contributed by atoms with Crippen LogP contribution in [0.15, 0.2) is 65.5 Å². The number of anilines is 2. The first-order valence-corrected chi connectivity index (χ1v) is 24.7. The number of fused-ring (bicyclic) bond motifs is 1. The van der Waals surface area contributed by atoms with Crippen molar-refractivity contribution in [2.24, 2.45) is 7.05 Å².